The topological polar surface area (TPSA) is 63.3 Å². The fourth-order valence-electron chi connectivity index (χ4n) is 2.65. The molecule has 0 rings (SSSR count). The molecule has 3 heteroatoms. The van der Waals surface area contributed by atoms with Crippen molar-refractivity contribution in [3.8, 4) is 0 Å². The van der Waals surface area contributed by atoms with Crippen LogP contribution in [0.5, 0.6) is 0 Å². The van der Waals surface area contributed by atoms with Crippen LogP contribution in [0, 0.1) is 0 Å². The molecule has 0 fully saturated rings. The molecule has 0 aromatic heterocycles. The molecule has 0 atom stereocenters. The summed E-state index contributed by atoms with van der Waals surface area (Å²) in [6, 6.07) is 0. The van der Waals surface area contributed by atoms with Crippen molar-refractivity contribution in [2.75, 3.05) is 0 Å². The van der Waals surface area contributed by atoms with Gasteiger partial charge in [0.2, 0.25) is 0 Å². The molecule has 0 aliphatic heterocycles. The lowest BCUT2D eigenvalue weighted by Crippen LogP contribution is -2.26. The van der Waals surface area contributed by atoms with Crippen LogP contribution in [0.2, 0.25) is 0 Å². The average molecular weight is 358 g/mol. The molecule has 25 heavy (non-hydrogen) atoms. The van der Waals surface area contributed by atoms with E-state index in [1.807, 2.05) is 20.8 Å². The van der Waals surface area contributed by atoms with Gasteiger partial charge >= 0.3 is 5.97 Å². The quantitative estimate of drug-likeness (QED) is 0.290. The third-order valence-corrected chi connectivity index (χ3v) is 3.99. The Morgan fingerprint density at radius 1 is 0.680 bits per heavy atom. The monoisotopic (exact) mass is 357 g/mol. The molecule has 0 aromatic rings. The molecule has 0 bridgehead atoms. The van der Waals surface area contributed by atoms with Gasteiger partial charge in [0.15, 0.2) is 0 Å². The number of hydrogen-bond acceptors (Lipinski definition) is 2. The second-order valence-corrected chi connectivity index (χ2v) is 8.46. The van der Waals surface area contributed by atoms with E-state index in [1.54, 1.807) is 0 Å². The first kappa shape index (κ1) is 26.7. The Kier molecular flexibility index (Phi) is 21.1. The number of hydrogen-bond donors (Lipinski definition) is 2. The zero-order chi connectivity index (χ0) is 19.4. The highest BCUT2D eigenvalue weighted by molar-refractivity contribution is 5.66. The van der Waals surface area contributed by atoms with Crippen LogP contribution < -0.4 is 5.73 Å². The van der Waals surface area contributed by atoms with Crippen LogP contribution in [0.3, 0.4) is 0 Å². The van der Waals surface area contributed by atoms with E-state index in [-0.39, 0.29) is 5.54 Å². The lowest BCUT2D eigenvalue weighted by molar-refractivity contribution is -0.137. The number of carboxylic acids is 1. The van der Waals surface area contributed by atoms with Crippen molar-refractivity contribution in [1.82, 2.24) is 0 Å². The molecule has 0 aliphatic carbocycles. The summed E-state index contributed by atoms with van der Waals surface area (Å²) in [5.41, 5.74) is 5.35. The molecule has 3 nitrogen and oxygen atoms in total. The molecule has 0 unspecified atom stereocenters. The first-order chi connectivity index (χ1) is 11.8. The van der Waals surface area contributed by atoms with E-state index in [4.69, 9.17) is 10.8 Å². The fourth-order valence-corrected chi connectivity index (χ4v) is 2.65. The number of carbonyl (C=O) groups is 1. The van der Waals surface area contributed by atoms with Crippen molar-refractivity contribution >= 4 is 5.97 Å². The van der Waals surface area contributed by atoms with Gasteiger partial charge in [-0.1, -0.05) is 96.8 Å². The number of nitrogens with two attached hydrogens (primary N) is 1. The van der Waals surface area contributed by atoms with Gasteiger partial charge in [-0.15, -0.1) is 0 Å². The minimum absolute atomic E-state index is 0. The number of carboxylic acid groups (broad SMARTS) is 1. The van der Waals surface area contributed by atoms with Crippen LogP contribution in [-0.2, 0) is 4.79 Å². The summed E-state index contributed by atoms with van der Waals surface area (Å²) in [4.78, 5) is 10.3. The molecular weight excluding hydrogens is 310 g/mol. The van der Waals surface area contributed by atoms with E-state index in [1.165, 1.54) is 83.5 Å². The molecule has 3 N–H and O–H groups in total. The molecular formula is C22H47NO2. The van der Waals surface area contributed by atoms with E-state index in [2.05, 4.69) is 6.92 Å². The minimum Gasteiger partial charge on any atom is -0.481 e. The van der Waals surface area contributed by atoms with E-state index < -0.39 is 5.97 Å². The normalized spacial score (nSPS) is 11.1. The zero-order valence-electron chi connectivity index (χ0n) is 17.7. The maximum absolute atomic E-state index is 10.3. The van der Waals surface area contributed by atoms with Crippen LogP contribution in [0.1, 0.15) is 130 Å². The standard InChI is InChI=1S/C18H36O2.C4H11N/c1-2-3-4-5-6-7-8-9-10-11-12-13-14-15-16-17-18(19)20;1-4(2,3)5/h2-17H2,1H3,(H,19,20);5H2,1-3H3. The maximum Gasteiger partial charge on any atom is 0.303 e. The molecule has 0 saturated carbocycles. The van der Waals surface area contributed by atoms with Crippen molar-refractivity contribution in [2.24, 2.45) is 5.73 Å². The van der Waals surface area contributed by atoms with Crippen LogP contribution >= 0.6 is 0 Å². The molecule has 0 radical (unpaired) electrons. The first-order valence-electron chi connectivity index (χ1n) is 10.8. The Labute approximate surface area is 158 Å². The zero-order valence-corrected chi connectivity index (χ0v) is 17.7. The van der Waals surface area contributed by atoms with Crippen molar-refractivity contribution in [3.63, 3.8) is 0 Å². The largest absolute Gasteiger partial charge is 0.481 e. The summed E-state index contributed by atoms with van der Waals surface area (Å²) in [5.74, 6) is -0.653. The minimum atomic E-state index is -0.653. The van der Waals surface area contributed by atoms with Gasteiger partial charge in [0, 0.05) is 12.0 Å². The summed E-state index contributed by atoms with van der Waals surface area (Å²) in [5, 5.41) is 8.52. The second-order valence-electron chi connectivity index (χ2n) is 8.46. The van der Waals surface area contributed by atoms with Crippen LogP contribution in [0.25, 0.3) is 0 Å². The Hall–Kier alpha value is -0.570. The molecule has 0 aromatic carbocycles. The van der Waals surface area contributed by atoms with Gasteiger partial charge in [0.05, 0.1) is 0 Å². The molecule has 0 aliphatic rings. The molecule has 0 saturated heterocycles. The third-order valence-electron chi connectivity index (χ3n) is 3.99. The Morgan fingerprint density at radius 3 is 1.16 bits per heavy atom. The number of unbranched alkanes of at least 4 members (excludes halogenated alkanes) is 14. The number of rotatable bonds is 16. The lowest BCUT2D eigenvalue weighted by atomic mass is 10.0. The molecule has 152 valence electrons. The smallest absolute Gasteiger partial charge is 0.303 e. The predicted octanol–water partition coefficient (Wildman–Crippen LogP) is 7.08. The van der Waals surface area contributed by atoms with Gasteiger partial charge < -0.3 is 10.8 Å². The van der Waals surface area contributed by atoms with Crippen LogP contribution in [0.4, 0.5) is 0 Å². The van der Waals surface area contributed by atoms with Gasteiger partial charge in [0.1, 0.15) is 0 Å². The molecule has 0 heterocycles. The molecule has 0 spiro atoms. The Bertz CT molecular complexity index is 266. The van der Waals surface area contributed by atoms with Crippen molar-refractivity contribution < 1.29 is 9.90 Å². The highest BCUT2D eigenvalue weighted by atomic mass is 16.4. The Morgan fingerprint density at radius 2 is 0.920 bits per heavy atom. The fraction of sp³-hybridized carbons (Fsp3) is 0.955. The summed E-state index contributed by atoms with van der Waals surface area (Å²) in [6.07, 6.45) is 20.2. The van der Waals surface area contributed by atoms with Gasteiger partial charge in [-0.2, -0.15) is 0 Å². The van der Waals surface area contributed by atoms with Gasteiger partial charge in [-0.05, 0) is 27.2 Å². The van der Waals surface area contributed by atoms with E-state index >= 15 is 0 Å². The lowest BCUT2D eigenvalue weighted by Gasteiger charge is -2.06. The highest BCUT2D eigenvalue weighted by Gasteiger charge is 1.97. The summed E-state index contributed by atoms with van der Waals surface area (Å²) < 4.78 is 0. The van der Waals surface area contributed by atoms with Gasteiger partial charge in [-0.25, -0.2) is 0 Å². The first-order valence-corrected chi connectivity index (χ1v) is 10.8. The van der Waals surface area contributed by atoms with E-state index in [0.717, 1.165) is 12.8 Å². The number of aliphatic carboxylic acids is 1. The van der Waals surface area contributed by atoms with Crippen molar-refractivity contribution in [2.45, 2.75) is 136 Å². The second kappa shape index (κ2) is 19.8. The summed E-state index contributed by atoms with van der Waals surface area (Å²) >= 11 is 0. The highest BCUT2D eigenvalue weighted by Crippen LogP contribution is 2.13. The summed E-state index contributed by atoms with van der Waals surface area (Å²) in [7, 11) is 0. The van der Waals surface area contributed by atoms with Gasteiger partial charge in [-0.3, -0.25) is 4.79 Å². The van der Waals surface area contributed by atoms with Crippen LogP contribution in [-0.4, -0.2) is 16.6 Å². The van der Waals surface area contributed by atoms with E-state index in [0.29, 0.717) is 6.42 Å². The van der Waals surface area contributed by atoms with E-state index in [9.17, 15) is 4.79 Å². The summed E-state index contributed by atoms with van der Waals surface area (Å²) in [6.45, 7) is 8.17. The SMILES string of the molecule is CC(C)(C)N.CCCCCCCCCCCCCCCCCC(=O)O. The predicted molar refractivity (Wildman–Crippen MR) is 111 cm³/mol. The van der Waals surface area contributed by atoms with Crippen molar-refractivity contribution in [1.29, 1.82) is 0 Å². The average Bonchev–Trinajstić information content (AvgIpc) is 2.49. The van der Waals surface area contributed by atoms with Crippen molar-refractivity contribution in [3.05, 3.63) is 0 Å². The van der Waals surface area contributed by atoms with Gasteiger partial charge in [0.25, 0.3) is 0 Å². The third kappa shape index (κ3) is 39.9. The Balaban J connectivity index is 0. The van der Waals surface area contributed by atoms with Crippen LogP contribution in [0.15, 0.2) is 0 Å². The molecule has 0 amide bonds. The maximum atomic E-state index is 10.3.